The number of pyridine rings is 1. The van der Waals surface area contributed by atoms with Crippen LogP contribution in [-0.4, -0.2) is 45.0 Å². The van der Waals surface area contributed by atoms with Crippen LogP contribution in [0.3, 0.4) is 0 Å². The average Bonchev–Trinajstić information content (AvgIpc) is 3.23. The Labute approximate surface area is 190 Å². The second kappa shape index (κ2) is 9.08. The number of nitrogens with two attached hydrogens (primary N) is 1. The van der Waals surface area contributed by atoms with Crippen molar-refractivity contribution >= 4 is 34.8 Å². The number of benzene rings is 1. The lowest BCUT2D eigenvalue weighted by Gasteiger charge is -2.25. The predicted molar refractivity (Wildman–Crippen MR) is 119 cm³/mol. The van der Waals surface area contributed by atoms with Gasteiger partial charge in [-0.25, -0.2) is 9.97 Å². The Balaban J connectivity index is 1.61. The fourth-order valence-corrected chi connectivity index (χ4v) is 4.18. The van der Waals surface area contributed by atoms with Crippen molar-refractivity contribution in [2.75, 3.05) is 18.8 Å². The Morgan fingerprint density at radius 3 is 2.65 bits per heavy atom. The molecule has 0 bridgehead atoms. The molecule has 31 heavy (non-hydrogen) atoms. The maximum absolute atomic E-state index is 13.0. The summed E-state index contributed by atoms with van der Waals surface area (Å²) in [5.74, 6) is 0.308. The molecule has 7 nitrogen and oxygen atoms in total. The van der Waals surface area contributed by atoms with Gasteiger partial charge in [0.1, 0.15) is 11.8 Å². The van der Waals surface area contributed by atoms with E-state index in [2.05, 4.69) is 15.0 Å². The maximum Gasteiger partial charge on any atom is 0.274 e. The second-order valence-corrected chi connectivity index (χ2v) is 8.31. The molecule has 0 aliphatic carbocycles. The number of halogens is 2. The van der Waals surface area contributed by atoms with E-state index < -0.39 is 0 Å². The van der Waals surface area contributed by atoms with Gasteiger partial charge in [0, 0.05) is 43.4 Å². The van der Waals surface area contributed by atoms with Gasteiger partial charge in [-0.1, -0.05) is 29.3 Å². The molecule has 3 atom stereocenters. The van der Waals surface area contributed by atoms with E-state index in [1.807, 2.05) is 19.1 Å². The summed E-state index contributed by atoms with van der Waals surface area (Å²) in [5.41, 5.74) is 7.58. The molecular weight excluding hydrogens is 437 g/mol. The fourth-order valence-electron chi connectivity index (χ4n) is 3.88. The number of nitrogens with zero attached hydrogens (tertiary/aromatic N) is 4. The molecule has 2 aromatic heterocycles. The first kappa shape index (κ1) is 21.3. The molecule has 0 spiro atoms. The molecule has 3 aromatic rings. The molecule has 0 unspecified atom stereocenters. The number of hydrogen-bond donors (Lipinski definition) is 1. The second-order valence-electron chi connectivity index (χ2n) is 7.50. The average molecular weight is 458 g/mol. The quantitative estimate of drug-likeness (QED) is 0.619. The Bertz CT molecular complexity index is 1070. The number of hydrogen-bond acceptors (Lipinski definition) is 6. The van der Waals surface area contributed by atoms with Crippen molar-refractivity contribution in [3.63, 3.8) is 0 Å². The minimum atomic E-state index is -0.227. The third-order valence-corrected chi connectivity index (χ3v) is 6.21. The molecule has 1 aliphatic heterocycles. The summed E-state index contributed by atoms with van der Waals surface area (Å²) in [6, 6.07) is 9.04. The van der Waals surface area contributed by atoms with Gasteiger partial charge in [-0.3, -0.25) is 9.78 Å². The maximum atomic E-state index is 13.0. The molecule has 1 saturated heterocycles. The number of aromatic nitrogens is 3. The van der Waals surface area contributed by atoms with Gasteiger partial charge in [0.05, 0.1) is 28.1 Å². The zero-order chi connectivity index (χ0) is 22.0. The molecule has 9 heteroatoms. The van der Waals surface area contributed by atoms with E-state index in [-0.39, 0.29) is 23.8 Å². The smallest absolute Gasteiger partial charge is 0.274 e. The predicted octanol–water partition coefficient (Wildman–Crippen LogP) is 4.08. The van der Waals surface area contributed by atoms with Crippen molar-refractivity contribution in [2.24, 2.45) is 5.92 Å². The van der Waals surface area contributed by atoms with E-state index in [9.17, 15) is 4.79 Å². The van der Waals surface area contributed by atoms with Crippen LogP contribution in [0.1, 0.15) is 28.9 Å². The van der Waals surface area contributed by atoms with Gasteiger partial charge in [0.2, 0.25) is 5.88 Å². The first-order valence-corrected chi connectivity index (χ1v) is 10.6. The van der Waals surface area contributed by atoms with E-state index in [1.54, 1.807) is 29.3 Å². The summed E-state index contributed by atoms with van der Waals surface area (Å²) in [7, 11) is 0. The van der Waals surface area contributed by atoms with Gasteiger partial charge >= 0.3 is 0 Å². The molecule has 1 aromatic carbocycles. The van der Waals surface area contributed by atoms with Crippen LogP contribution in [0.25, 0.3) is 0 Å². The lowest BCUT2D eigenvalue weighted by molar-refractivity contribution is 0.0763. The molecule has 3 heterocycles. The van der Waals surface area contributed by atoms with E-state index >= 15 is 0 Å². The molecule has 2 N–H and O–H groups in total. The molecule has 1 aliphatic rings. The highest BCUT2D eigenvalue weighted by atomic mass is 35.5. The van der Waals surface area contributed by atoms with Gasteiger partial charge < -0.3 is 15.4 Å². The van der Waals surface area contributed by atoms with Crippen molar-refractivity contribution in [1.82, 2.24) is 19.9 Å². The minimum absolute atomic E-state index is 0.000769. The SMILES string of the molecule is C[C@H](Oc1ccc(N)cn1)[C@H]1CN(C(=O)c2cnccn2)C[C@@H]1c1ccc(Cl)c(Cl)c1. The number of amides is 1. The molecule has 160 valence electrons. The van der Waals surface area contributed by atoms with Crippen molar-refractivity contribution in [3.05, 3.63) is 76.4 Å². The number of nitrogen functional groups attached to an aromatic ring is 1. The lowest BCUT2D eigenvalue weighted by atomic mass is 9.86. The Morgan fingerprint density at radius 2 is 1.97 bits per heavy atom. The molecule has 1 fully saturated rings. The van der Waals surface area contributed by atoms with Crippen molar-refractivity contribution in [3.8, 4) is 5.88 Å². The first-order chi connectivity index (χ1) is 14.9. The largest absolute Gasteiger partial charge is 0.474 e. The van der Waals surface area contributed by atoms with Gasteiger partial charge in [0.15, 0.2) is 0 Å². The number of carbonyl (C=O) groups is 1. The Hall–Kier alpha value is -2.90. The fraction of sp³-hybridized carbons (Fsp3) is 0.273. The highest BCUT2D eigenvalue weighted by molar-refractivity contribution is 6.42. The third kappa shape index (κ3) is 4.73. The molecular formula is C22H21Cl2N5O2. The number of ether oxygens (including phenoxy) is 1. The topological polar surface area (TPSA) is 94.2 Å². The summed E-state index contributed by atoms with van der Waals surface area (Å²) >= 11 is 12.4. The van der Waals surface area contributed by atoms with Crippen LogP contribution in [0.4, 0.5) is 5.69 Å². The van der Waals surface area contributed by atoms with Crippen LogP contribution in [-0.2, 0) is 0 Å². The van der Waals surface area contributed by atoms with Gasteiger partial charge in [0.25, 0.3) is 5.91 Å². The minimum Gasteiger partial charge on any atom is -0.474 e. The highest BCUT2D eigenvalue weighted by Gasteiger charge is 2.41. The molecule has 1 amide bonds. The zero-order valence-corrected chi connectivity index (χ0v) is 18.3. The summed E-state index contributed by atoms with van der Waals surface area (Å²) in [5, 5.41) is 0.966. The molecule has 0 radical (unpaired) electrons. The number of anilines is 1. The summed E-state index contributed by atoms with van der Waals surface area (Å²) in [4.78, 5) is 27.2. The summed E-state index contributed by atoms with van der Waals surface area (Å²) in [6.45, 7) is 2.97. The van der Waals surface area contributed by atoms with E-state index in [0.29, 0.717) is 40.4 Å². The van der Waals surface area contributed by atoms with Crippen molar-refractivity contribution in [2.45, 2.75) is 18.9 Å². The van der Waals surface area contributed by atoms with Gasteiger partial charge in [-0.15, -0.1) is 0 Å². The number of carbonyl (C=O) groups excluding carboxylic acids is 1. The standard InChI is InChI=1S/C22H21Cl2N5O2/c1-13(31-21-5-3-15(25)9-28-21)16-11-29(22(30)20-10-26-6-7-27-20)12-17(16)14-2-4-18(23)19(24)8-14/h2-10,13,16-17H,11-12,25H2,1H3/t13-,16+,17+/m0/s1. The highest BCUT2D eigenvalue weighted by Crippen LogP contribution is 2.38. The van der Waals surface area contributed by atoms with Crippen molar-refractivity contribution in [1.29, 1.82) is 0 Å². The first-order valence-electron chi connectivity index (χ1n) is 9.81. The van der Waals surface area contributed by atoms with Crippen LogP contribution in [0.15, 0.2) is 55.1 Å². The van der Waals surface area contributed by atoms with Gasteiger partial charge in [-0.05, 0) is 30.7 Å². The normalized spacial score (nSPS) is 19.3. The number of rotatable bonds is 5. The number of likely N-dealkylation sites (tertiary alicyclic amines) is 1. The van der Waals surface area contributed by atoms with Crippen LogP contribution in [0.5, 0.6) is 5.88 Å². The van der Waals surface area contributed by atoms with E-state index in [1.165, 1.54) is 18.6 Å². The van der Waals surface area contributed by atoms with Crippen molar-refractivity contribution < 1.29 is 9.53 Å². The van der Waals surface area contributed by atoms with E-state index in [4.69, 9.17) is 33.7 Å². The third-order valence-electron chi connectivity index (χ3n) is 5.48. The zero-order valence-electron chi connectivity index (χ0n) is 16.8. The molecule has 0 saturated carbocycles. The Morgan fingerprint density at radius 1 is 1.13 bits per heavy atom. The Kier molecular flexibility index (Phi) is 6.25. The summed E-state index contributed by atoms with van der Waals surface area (Å²) < 4.78 is 6.10. The monoisotopic (exact) mass is 457 g/mol. The molecule has 4 rings (SSSR count). The lowest BCUT2D eigenvalue weighted by Crippen LogP contribution is -2.32. The van der Waals surface area contributed by atoms with Gasteiger partial charge in [-0.2, -0.15) is 0 Å². The van der Waals surface area contributed by atoms with E-state index in [0.717, 1.165) is 5.56 Å². The van der Waals surface area contributed by atoms with Crippen LogP contribution in [0, 0.1) is 5.92 Å². The van der Waals surface area contributed by atoms with Crippen LogP contribution < -0.4 is 10.5 Å². The van der Waals surface area contributed by atoms with Crippen LogP contribution >= 0.6 is 23.2 Å². The van der Waals surface area contributed by atoms with Crippen LogP contribution in [0.2, 0.25) is 10.0 Å². The summed E-state index contributed by atoms with van der Waals surface area (Å²) in [6.07, 6.45) is 5.85.